The molecule has 5 heteroatoms. The van der Waals surface area contributed by atoms with E-state index in [1.807, 2.05) is 13.0 Å². The number of hydrogen-bond donors (Lipinski definition) is 0. The molecular formula is C11H11BrCl2O2. The summed E-state index contributed by atoms with van der Waals surface area (Å²) in [6.07, 6.45) is 0.409. The van der Waals surface area contributed by atoms with E-state index in [0.717, 1.165) is 11.1 Å². The lowest BCUT2D eigenvalue weighted by molar-refractivity contribution is -0.139. The molecule has 0 aromatic heterocycles. The zero-order valence-electron chi connectivity index (χ0n) is 8.89. The van der Waals surface area contributed by atoms with Gasteiger partial charge < -0.3 is 4.74 Å². The van der Waals surface area contributed by atoms with Gasteiger partial charge >= 0.3 is 5.97 Å². The predicted octanol–water partition coefficient (Wildman–Crippen LogP) is 3.78. The van der Waals surface area contributed by atoms with Gasteiger partial charge in [-0.05, 0) is 30.5 Å². The number of carbonyl (C=O) groups excluding carboxylic acids is 1. The standard InChI is InChI=1S/C11H11BrCl2O2/c1-6-3-4-9(13)7(10(6)14)5-8(12)11(15)16-2/h3-4,8H,5H2,1-2H3. The molecule has 0 amide bonds. The first-order chi connectivity index (χ1) is 7.47. The second-order valence-corrected chi connectivity index (χ2v) is 5.24. The van der Waals surface area contributed by atoms with Crippen molar-refractivity contribution >= 4 is 45.1 Å². The summed E-state index contributed by atoms with van der Waals surface area (Å²) in [5, 5.41) is 1.16. The molecule has 0 aliphatic carbocycles. The van der Waals surface area contributed by atoms with Crippen LogP contribution in [0.5, 0.6) is 0 Å². The average Bonchev–Trinajstić information content (AvgIpc) is 2.28. The van der Waals surface area contributed by atoms with Gasteiger partial charge in [-0.3, -0.25) is 4.79 Å². The van der Waals surface area contributed by atoms with Crippen molar-refractivity contribution in [3.63, 3.8) is 0 Å². The van der Waals surface area contributed by atoms with Gasteiger partial charge in [0.25, 0.3) is 0 Å². The van der Waals surface area contributed by atoms with E-state index in [1.165, 1.54) is 7.11 Å². The van der Waals surface area contributed by atoms with Crippen LogP contribution < -0.4 is 0 Å². The minimum absolute atomic E-state index is 0.339. The second kappa shape index (κ2) is 5.89. The summed E-state index contributed by atoms with van der Waals surface area (Å²) < 4.78 is 4.62. The number of ether oxygens (including phenoxy) is 1. The van der Waals surface area contributed by atoms with Gasteiger partial charge in [-0.25, -0.2) is 0 Å². The van der Waals surface area contributed by atoms with Crippen LogP contribution in [0.3, 0.4) is 0 Å². The van der Waals surface area contributed by atoms with Gasteiger partial charge in [0.15, 0.2) is 0 Å². The second-order valence-electron chi connectivity index (χ2n) is 3.35. The van der Waals surface area contributed by atoms with Crippen LogP contribution in [0, 0.1) is 6.92 Å². The number of carbonyl (C=O) groups is 1. The number of aryl methyl sites for hydroxylation is 1. The molecule has 0 saturated heterocycles. The van der Waals surface area contributed by atoms with Gasteiger partial charge in [-0.2, -0.15) is 0 Å². The van der Waals surface area contributed by atoms with Crippen molar-refractivity contribution in [3.8, 4) is 0 Å². The predicted molar refractivity (Wildman–Crippen MR) is 69.6 cm³/mol. The first-order valence-electron chi connectivity index (χ1n) is 4.62. The third kappa shape index (κ3) is 3.12. The maximum absolute atomic E-state index is 11.3. The van der Waals surface area contributed by atoms with Crippen molar-refractivity contribution in [3.05, 3.63) is 33.3 Å². The maximum Gasteiger partial charge on any atom is 0.319 e. The molecule has 2 nitrogen and oxygen atoms in total. The number of esters is 1. The minimum Gasteiger partial charge on any atom is -0.468 e. The minimum atomic E-state index is -0.436. The Morgan fingerprint density at radius 2 is 2.12 bits per heavy atom. The molecule has 0 radical (unpaired) electrons. The molecule has 1 rings (SSSR count). The smallest absolute Gasteiger partial charge is 0.319 e. The number of methoxy groups -OCH3 is 1. The molecule has 0 saturated carbocycles. The van der Waals surface area contributed by atoms with Gasteiger partial charge in [0.2, 0.25) is 0 Å². The summed E-state index contributed by atoms with van der Waals surface area (Å²) in [4.78, 5) is 10.8. The molecule has 0 fully saturated rings. The van der Waals surface area contributed by atoms with Crippen molar-refractivity contribution in [2.45, 2.75) is 18.2 Å². The van der Waals surface area contributed by atoms with Crippen LogP contribution in [0.25, 0.3) is 0 Å². The lowest BCUT2D eigenvalue weighted by Gasteiger charge is -2.12. The largest absolute Gasteiger partial charge is 0.468 e. The lowest BCUT2D eigenvalue weighted by Crippen LogP contribution is -2.18. The highest BCUT2D eigenvalue weighted by Crippen LogP contribution is 2.30. The summed E-state index contributed by atoms with van der Waals surface area (Å²) in [6.45, 7) is 1.89. The van der Waals surface area contributed by atoms with Gasteiger partial charge in [0, 0.05) is 10.0 Å². The van der Waals surface area contributed by atoms with E-state index in [1.54, 1.807) is 6.07 Å². The number of benzene rings is 1. The topological polar surface area (TPSA) is 26.3 Å². The Morgan fingerprint density at radius 1 is 1.50 bits per heavy atom. The van der Waals surface area contributed by atoms with Crippen molar-refractivity contribution in [2.24, 2.45) is 0 Å². The zero-order valence-corrected chi connectivity index (χ0v) is 12.0. The fraction of sp³-hybridized carbons (Fsp3) is 0.364. The molecule has 0 aliphatic rings. The molecule has 1 aromatic rings. The van der Waals surface area contributed by atoms with Crippen LogP contribution in [-0.2, 0) is 16.0 Å². The van der Waals surface area contributed by atoms with E-state index in [-0.39, 0.29) is 5.97 Å². The van der Waals surface area contributed by atoms with Crippen LogP contribution in [-0.4, -0.2) is 17.9 Å². The normalized spacial score (nSPS) is 12.3. The molecule has 1 unspecified atom stereocenters. The monoisotopic (exact) mass is 324 g/mol. The number of rotatable bonds is 3. The molecule has 0 heterocycles. The Bertz CT molecular complexity index is 407. The van der Waals surface area contributed by atoms with E-state index in [2.05, 4.69) is 20.7 Å². The quantitative estimate of drug-likeness (QED) is 0.624. The fourth-order valence-corrected chi connectivity index (χ4v) is 2.33. The Balaban J connectivity index is 2.97. The number of halogens is 3. The van der Waals surface area contributed by atoms with Crippen molar-refractivity contribution in [1.29, 1.82) is 0 Å². The van der Waals surface area contributed by atoms with E-state index in [0.29, 0.717) is 16.5 Å². The van der Waals surface area contributed by atoms with E-state index in [9.17, 15) is 4.79 Å². The fourth-order valence-electron chi connectivity index (χ4n) is 1.29. The van der Waals surface area contributed by atoms with Gasteiger partial charge in [-0.15, -0.1) is 0 Å². The summed E-state index contributed by atoms with van der Waals surface area (Å²) in [7, 11) is 1.34. The summed E-state index contributed by atoms with van der Waals surface area (Å²) >= 11 is 15.4. The Labute approximate surface area is 113 Å². The first kappa shape index (κ1) is 13.8. The van der Waals surface area contributed by atoms with Gasteiger partial charge in [0.05, 0.1) is 7.11 Å². The third-order valence-electron chi connectivity index (χ3n) is 2.22. The highest BCUT2D eigenvalue weighted by molar-refractivity contribution is 9.10. The molecule has 0 spiro atoms. The highest BCUT2D eigenvalue weighted by atomic mass is 79.9. The van der Waals surface area contributed by atoms with Crippen LogP contribution in [0.4, 0.5) is 0 Å². The lowest BCUT2D eigenvalue weighted by atomic mass is 10.1. The molecule has 88 valence electrons. The Hall–Kier alpha value is -0.250. The molecule has 1 atom stereocenters. The van der Waals surface area contributed by atoms with Crippen molar-refractivity contribution in [1.82, 2.24) is 0 Å². The number of alkyl halides is 1. The molecule has 1 aromatic carbocycles. The third-order valence-corrected chi connectivity index (χ3v) is 3.80. The maximum atomic E-state index is 11.3. The Morgan fingerprint density at radius 3 is 2.69 bits per heavy atom. The van der Waals surface area contributed by atoms with E-state index < -0.39 is 4.83 Å². The van der Waals surface area contributed by atoms with Crippen molar-refractivity contribution < 1.29 is 9.53 Å². The molecule has 0 bridgehead atoms. The van der Waals surface area contributed by atoms with Crippen LogP contribution >= 0.6 is 39.1 Å². The average molecular weight is 326 g/mol. The highest BCUT2D eigenvalue weighted by Gasteiger charge is 2.19. The van der Waals surface area contributed by atoms with Crippen LogP contribution in [0.15, 0.2) is 12.1 Å². The van der Waals surface area contributed by atoms with Gasteiger partial charge in [-0.1, -0.05) is 45.2 Å². The molecule has 16 heavy (non-hydrogen) atoms. The summed E-state index contributed by atoms with van der Waals surface area (Å²) in [6, 6.07) is 3.62. The van der Waals surface area contributed by atoms with Gasteiger partial charge in [0.1, 0.15) is 4.83 Å². The van der Waals surface area contributed by atoms with Crippen LogP contribution in [0.1, 0.15) is 11.1 Å². The molecular weight excluding hydrogens is 315 g/mol. The van der Waals surface area contributed by atoms with E-state index >= 15 is 0 Å². The number of hydrogen-bond acceptors (Lipinski definition) is 2. The zero-order chi connectivity index (χ0) is 12.3. The van der Waals surface area contributed by atoms with E-state index in [4.69, 9.17) is 23.2 Å². The SMILES string of the molecule is COC(=O)C(Br)Cc1c(Cl)ccc(C)c1Cl. The molecule has 0 aliphatic heterocycles. The first-order valence-corrected chi connectivity index (χ1v) is 6.30. The summed E-state index contributed by atoms with van der Waals surface area (Å²) in [5.41, 5.74) is 1.70. The summed E-state index contributed by atoms with van der Waals surface area (Å²) in [5.74, 6) is -0.339. The molecule has 0 N–H and O–H groups in total. The Kier molecular flexibility index (Phi) is 5.09. The van der Waals surface area contributed by atoms with Crippen LogP contribution in [0.2, 0.25) is 10.0 Å². The van der Waals surface area contributed by atoms with Crippen molar-refractivity contribution in [2.75, 3.05) is 7.11 Å².